The highest BCUT2D eigenvalue weighted by molar-refractivity contribution is 7.08. The van der Waals surface area contributed by atoms with Crippen LogP contribution >= 0.6 is 11.3 Å². The lowest BCUT2D eigenvalue weighted by molar-refractivity contribution is 0.310. The molecule has 1 fully saturated rings. The Kier molecular flexibility index (Phi) is 4.38. The maximum Gasteiger partial charge on any atom is 0.0216 e. The minimum absolute atomic E-state index is 0.448. The van der Waals surface area contributed by atoms with Crippen LogP contribution in [0.25, 0.3) is 0 Å². The van der Waals surface area contributed by atoms with Crippen LogP contribution in [0.15, 0.2) is 10.8 Å². The van der Waals surface area contributed by atoms with Crippen molar-refractivity contribution in [3.8, 4) is 0 Å². The lowest BCUT2D eigenvalue weighted by atomic mass is 9.86. The molecule has 0 bridgehead atoms. The van der Waals surface area contributed by atoms with Gasteiger partial charge in [-0.05, 0) is 60.5 Å². The molecular formula is C13H22N2S. The van der Waals surface area contributed by atoms with Gasteiger partial charge < -0.3 is 11.1 Å². The third-order valence-corrected chi connectivity index (χ3v) is 4.44. The zero-order valence-electron chi connectivity index (χ0n) is 10.0. The molecule has 1 aromatic rings. The molecule has 2 atom stereocenters. The lowest BCUT2D eigenvalue weighted by Crippen LogP contribution is -2.33. The van der Waals surface area contributed by atoms with Crippen molar-refractivity contribution in [2.75, 3.05) is 6.54 Å². The number of aryl methyl sites for hydroxylation is 1. The van der Waals surface area contributed by atoms with Gasteiger partial charge in [0.25, 0.3) is 0 Å². The number of hydrogen-bond acceptors (Lipinski definition) is 3. The van der Waals surface area contributed by atoms with Gasteiger partial charge in [0.1, 0.15) is 0 Å². The van der Waals surface area contributed by atoms with E-state index in [1.54, 1.807) is 11.3 Å². The van der Waals surface area contributed by atoms with E-state index in [9.17, 15) is 0 Å². The molecule has 1 aliphatic rings. The van der Waals surface area contributed by atoms with Crippen molar-refractivity contribution in [3.63, 3.8) is 0 Å². The van der Waals surface area contributed by atoms with E-state index in [1.165, 1.54) is 36.8 Å². The molecular weight excluding hydrogens is 216 g/mol. The van der Waals surface area contributed by atoms with Crippen molar-refractivity contribution in [2.24, 2.45) is 11.7 Å². The maximum absolute atomic E-state index is 5.99. The monoisotopic (exact) mass is 238 g/mol. The summed E-state index contributed by atoms with van der Waals surface area (Å²) < 4.78 is 0. The molecule has 16 heavy (non-hydrogen) atoms. The SMILES string of the molecule is Cc1cscc1CNCC1CCCC(N)C1. The van der Waals surface area contributed by atoms with Gasteiger partial charge in [0.15, 0.2) is 0 Å². The van der Waals surface area contributed by atoms with E-state index in [0.29, 0.717) is 6.04 Å². The van der Waals surface area contributed by atoms with Gasteiger partial charge in [-0.2, -0.15) is 11.3 Å². The molecule has 3 N–H and O–H groups in total. The Morgan fingerprint density at radius 1 is 1.44 bits per heavy atom. The van der Waals surface area contributed by atoms with Crippen LogP contribution in [0.2, 0.25) is 0 Å². The molecule has 0 saturated heterocycles. The second-order valence-corrected chi connectivity index (χ2v) is 5.75. The first kappa shape index (κ1) is 12.1. The minimum atomic E-state index is 0.448. The molecule has 1 saturated carbocycles. The summed E-state index contributed by atoms with van der Waals surface area (Å²) in [5, 5.41) is 8.03. The van der Waals surface area contributed by atoms with E-state index in [0.717, 1.165) is 19.0 Å². The summed E-state index contributed by atoms with van der Waals surface area (Å²) in [6.07, 6.45) is 5.09. The van der Waals surface area contributed by atoms with Crippen LogP contribution in [0.4, 0.5) is 0 Å². The molecule has 2 unspecified atom stereocenters. The van der Waals surface area contributed by atoms with Crippen molar-refractivity contribution in [2.45, 2.75) is 45.2 Å². The lowest BCUT2D eigenvalue weighted by Gasteiger charge is -2.26. The summed E-state index contributed by atoms with van der Waals surface area (Å²) in [4.78, 5) is 0. The molecule has 1 aliphatic carbocycles. The molecule has 0 amide bonds. The van der Waals surface area contributed by atoms with Gasteiger partial charge in [0.2, 0.25) is 0 Å². The third kappa shape index (κ3) is 3.30. The molecule has 2 nitrogen and oxygen atoms in total. The van der Waals surface area contributed by atoms with E-state index in [4.69, 9.17) is 5.73 Å². The molecule has 0 aromatic carbocycles. The Balaban J connectivity index is 1.70. The van der Waals surface area contributed by atoms with E-state index in [-0.39, 0.29) is 0 Å². The first-order chi connectivity index (χ1) is 7.75. The van der Waals surface area contributed by atoms with E-state index in [1.807, 2.05) is 0 Å². The summed E-state index contributed by atoms with van der Waals surface area (Å²) in [7, 11) is 0. The minimum Gasteiger partial charge on any atom is -0.328 e. The quantitative estimate of drug-likeness (QED) is 0.846. The van der Waals surface area contributed by atoms with Gasteiger partial charge in [0.05, 0.1) is 0 Å². The second kappa shape index (κ2) is 5.80. The van der Waals surface area contributed by atoms with Gasteiger partial charge in [-0.25, -0.2) is 0 Å². The van der Waals surface area contributed by atoms with Crippen molar-refractivity contribution >= 4 is 11.3 Å². The Hall–Kier alpha value is -0.380. The molecule has 0 aliphatic heterocycles. The van der Waals surface area contributed by atoms with Crippen molar-refractivity contribution in [1.82, 2.24) is 5.32 Å². The predicted octanol–water partition coefficient (Wildman–Crippen LogP) is 2.66. The number of nitrogens with two attached hydrogens (primary N) is 1. The standard InChI is InChI=1S/C13H22N2S/c1-10-8-16-9-12(10)7-15-6-11-3-2-4-13(14)5-11/h8-9,11,13,15H,2-7,14H2,1H3. The number of rotatable bonds is 4. The van der Waals surface area contributed by atoms with Crippen LogP contribution in [0, 0.1) is 12.8 Å². The highest BCUT2D eigenvalue weighted by Gasteiger charge is 2.18. The first-order valence-electron chi connectivity index (χ1n) is 6.23. The number of hydrogen-bond donors (Lipinski definition) is 2. The molecule has 1 aromatic heterocycles. The van der Waals surface area contributed by atoms with Gasteiger partial charge in [-0.1, -0.05) is 6.42 Å². The highest BCUT2D eigenvalue weighted by atomic mass is 32.1. The van der Waals surface area contributed by atoms with Crippen LogP contribution in [-0.4, -0.2) is 12.6 Å². The molecule has 2 rings (SSSR count). The summed E-state index contributed by atoms with van der Waals surface area (Å²) in [5.41, 5.74) is 8.85. The molecule has 0 radical (unpaired) electrons. The third-order valence-electron chi connectivity index (χ3n) is 3.53. The zero-order chi connectivity index (χ0) is 11.4. The van der Waals surface area contributed by atoms with Gasteiger partial charge in [-0.15, -0.1) is 0 Å². The highest BCUT2D eigenvalue weighted by Crippen LogP contribution is 2.22. The normalized spacial score (nSPS) is 25.9. The van der Waals surface area contributed by atoms with Crippen molar-refractivity contribution in [1.29, 1.82) is 0 Å². The summed E-state index contributed by atoms with van der Waals surface area (Å²) in [6, 6.07) is 0.448. The van der Waals surface area contributed by atoms with Gasteiger partial charge in [0, 0.05) is 12.6 Å². The van der Waals surface area contributed by atoms with E-state index < -0.39 is 0 Å². The summed E-state index contributed by atoms with van der Waals surface area (Å²) in [5.74, 6) is 0.794. The van der Waals surface area contributed by atoms with Crippen molar-refractivity contribution < 1.29 is 0 Å². The fourth-order valence-corrected chi connectivity index (χ4v) is 3.35. The largest absolute Gasteiger partial charge is 0.328 e. The molecule has 90 valence electrons. The van der Waals surface area contributed by atoms with Crippen molar-refractivity contribution in [3.05, 3.63) is 21.9 Å². The number of nitrogens with one attached hydrogen (secondary N) is 1. The Morgan fingerprint density at radius 3 is 3.00 bits per heavy atom. The average Bonchev–Trinajstić information content (AvgIpc) is 2.65. The van der Waals surface area contributed by atoms with Crippen LogP contribution in [0.3, 0.4) is 0 Å². The van der Waals surface area contributed by atoms with Crippen LogP contribution in [-0.2, 0) is 6.54 Å². The molecule has 3 heteroatoms. The smallest absolute Gasteiger partial charge is 0.0216 e. The first-order valence-corrected chi connectivity index (χ1v) is 7.18. The van der Waals surface area contributed by atoms with Gasteiger partial charge in [-0.3, -0.25) is 0 Å². The average molecular weight is 238 g/mol. The molecule has 0 spiro atoms. The van der Waals surface area contributed by atoms with Crippen LogP contribution in [0.5, 0.6) is 0 Å². The topological polar surface area (TPSA) is 38.0 Å². The summed E-state index contributed by atoms with van der Waals surface area (Å²) in [6.45, 7) is 4.33. The van der Waals surface area contributed by atoms with E-state index >= 15 is 0 Å². The predicted molar refractivity (Wildman–Crippen MR) is 70.7 cm³/mol. The number of thiophene rings is 1. The maximum atomic E-state index is 5.99. The fourth-order valence-electron chi connectivity index (χ4n) is 2.50. The van der Waals surface area contributed by atoms with Gasteiger partial charge >= 0.3 is 0 Å². The van der Waals surface area contributed by atoms with Crippen LogP contribution < -0.4 is 11.1 Å². The van der Waals surface area contributed by atoms with E-state index in [2.05, 4.69) is 23.0 Å². The Bertz CT molecular complexity index is 321. The Labute approximate surface area is 102 Å². The fraction of sp³-hybridized carbons (Fsp3) is 0.692. The molecule has 1 heterocycles. The second-order valence-electron chi connectivity index (χ2n) is 5.00. The van der Waals surface area contributed by atoms with Crippen LogP contribution in [0.1, 0.15) is 36.8 Å². The Morgan fingerprint density at radius 2 is 2.31 bits per heavy atom. The summed E-state index contributed by atoms with van der Waals surface area (Å²) >= 11 is 1.79. The zero-order valence-corrected chi connectivity index (χ0v) is 10.9.